The summed E-state index contributed by atoms with van der Waals surface area (Å²) < 4.78 is 5.33. The van der Waals surface area contributed by atoms with Crippen LogP contribution in [0.1, 0.15) is 17.8 Å². The van der Waals surface area contributed by atoms with Crippen LogP contribution in [-0.2, 0) is 4.79 Å². The van der Waals surface area contributed by atoms with Crippen molar-refractivity contribution in [2.75, 3.05) is 6.61 Å². The number of carboxylic acids is 1. The molecule has 0 bridgehead atoms. The molecule has 0 saturated heterocycles. The predicted octanol–water partition coefficient (Wildman–Crippen LogP) is 3.51. The highest BCUT2D eigenvalue weighted by molar-refractivity contribution is 6.50. The van der Waals surface area contributed by atoms with Gasteiger partial charge in [0.05, 0.1) is 29.0 Å². The van der Waals surface area contributed by atoms with Crippen molar-refractivity contribution in [3.8, 4) is 5.75 Å². The van der Waals surface area contributed by atoms with E-state index in [4.69, 9.17) is 21.4 Å². The lowest BCUT2D eigenvalue weighted by atomic mass is 10.2. The fourth-order valence-corrected chi connectivity index (χ4v) is 2.55. The number of rotatable bonds is 6. The number of nitrogens with zero attached hydrogens (tertiary/aromatic N) is 1. The molecule has 0 aliphatic carbocycles. The minimum absolute atomic E-state index is 0.0610. The molecule has 0 unspecified atom stereocenters. The third-order valence-electron chi connectivity index (χ3n) is 3.60. The molecule has 2 aromatic carbocycles. The van der Waals surface area contributed by atoms with Gasteiger partial charge < -0.3 is 14.8 Å². The van der Waals surface area contributed by atoms with Crippen LogP contribution in [0.4, 0.5) is 0 Å². The van der Waals surface area contributed by atoms with Gasteiger partial charge in [0, 0.05) is 0 Å². The molecule has 3 rings (SSSR count). The highest BCUT2D eigenvalue weighted by Gasteiger charge is 2.06. The average molecular weight is 371 g/mol. The van der Waals surface area contributed by atoms with E-state index in [2.05, 4.69) is 9.97 Å². The lowest BCUT2D eigenvalue weighted by molar-refractivity contribution is -0.137. The fraction of sp³-hybridized carbons (Fsp3) is 0.105. The van der Waals surface area contributed by atoms with Gasteiger partial charge in [-0.25, -0.2) is 4.98 Å². The lowest BCUT2D eigenvalue weighted by Gasteiger charge is -2.05. The third kappa shape index (κ3) is 4.29. The van der Waals surface area contributed by atoms with E-state index in [0.29, 0.717) is 21.7 Å². The van der Waals surface area contributed by atoms with Gasteiger partial charge in [-0.1, -0.05) is 35.9 Å². The number of nitrogens with one attached hydrogen (secondary N) is 1. The van der Waals surface area contributed by atoms with Gasteiger partial charge in [-0.2, -0.15) is 0 Å². The summed E-state index contributed by atoms with van der Waals surface area (Å²) in [6, 6.07) is 14.0. The zero-order chi connectivity index (χ0) is 18.5. The van der Waals surface area contributed by atoms with Crippen molar-refractivity contribution >= 4 is 39.6 Å². The van der Waals surface area contributed by atoms with Crippen LogP contribution in [0.25, 0.3) is 22.0 Å². The summed E-state index contributed by atoms with van der Waals surface area (Å²) in [5, 5.41) is 9.40. The van der Waals surface area contributed by atoms with Crippen LogP contribution in [0.5, 0.6) is 5.75 Å². The maximum absolute atomic E-state index is 12.1. The quantitative estimate of drug-likeness (QED) is 0.692. The number of H-pyrrole nitrogens is 1. The summed E-state index contributed by atoms with van der Waals surface area (Å²) in [5.74, 6) is -0.0536. The highest BCUT2D eigenvalue weighted by Crippen LogP contribution is 2.21. The van der Waals surface area contributed by atoms with Crippen LogP contribution in [-0.4, -0.2) is 27.7 Å². The molecule has 6 nitrogen and oxygen atoms in total. The number of benzene rings is 2. The Morgan fingerprint density at radius 2 is 1.92 bits per heavy atom. The highest BCUT2D eigenvalue weighted by atomic mass is 35.5. The number of hydrogen-bond acceptors (Lipinski definition) is 4. The van der Waals surface area contributed by atoms with E-state index in [9.17, 15) is 9.59 Å². The Bertz CT molecular complexity index is 1030. The zero-order valence-corrected chi connectivity index (χ0v) is 14.4. The topological polar surface area (TPSA) is 92.3 Å². The summed E-state index contributed by atoms with van der Waals surface area (Å²) in [5.41, 5.74) is 1.11. The van der Waals surface area contributed by atoms with Crippen LogP contribution in [0, 0.1) is 0 Å². The van der Waals surface area contributed by atoms with Gasteiger partial charge in [-0.3, -0.25) is 9.59 Å². The zero-order valence-electron chi connectivity index (χ0n) is 13.6. The van der Waals surface area contributed by atoms with Gasteiger partial charge in [-0.05, 0) is 35.9 Å². The van der Waals surface area contributed by atoms with E-state index in [1.807, 2.05) is 0 Å². The van der Waals surface area contributed by atoms with E-state index in [-0.39, 0.29) is 24.4 Å². The van der Waals surface area contributed by atoms with Crippen molar-refractivity contribution < 1.29 is 14.6 Å². The van der Waals surface area contributed by atoms with Crippen molar-refractivity contribution in [1.29, 1.82) is 0 Å². The Kier molecular flexibility index (Phi) is 5.34. The fourth-order valence-electron chi connectivity index (χ4n) is 2.33. The van der Waals surface area contributed by atoms with Gasteiger partial charge in [0.15, 0.2) is 5.82 Å². The van der Waals surface area contributed by atoms with E-state index in [1.165, 1.54) is 0 Å². The first-order chi connectivity index (χ1) is 12.5. The lowest BCUT2D eigenvalue weighted by Crippen LogP contribution is -2.10. The van der Waals surface area contributed by atoms with E-state index >= 15 is 0 Å². The molecular formula is C19H15ClN2O4. The molecule has 0 aliphatic rings. The van der Waals surface area contributed by atoms with Crippen LogP contribution in [0.15, 0.2) is 53.3 Å². The largest absolute Gasteiger partial charge is 0.493 e. The molecule has 1 heterocycles. The molecule has 132 valence electrons. The first-order valence-electron chi connectivity index (χ1n) is 7.84. The number of ether oxygens (including phenoxy) is 1. The van der Waals surface area contributed by atoms with Gasteiger partial charge in [0.1, 0.15) is 5.75 Å². The molecule has 3 aromatic rings. The SMILES string of the molecule is O=C(O)CCOc1ccc(/C=C(\Cl)c2nc3ccccc3c(=O)[nH]2)cc1. The smallest absolute Gasteiger partial charge is 0.306 e. The van der Waals surface area contributed by atoms with Gasteiger partial charge in [-0.15, -0.1) is 0 Å². The first kappa shape index (κ1) is 17.7. The number of para-hydroxylation sites is 1. The first-order valence-corrected chi connectivity index (χ1v) is 8.22. The second kappa shape index (κ2) is 7.84. The van der Waals surface area contributed by atoms with Crippen molar-refractivity contribution in [2.24, 2.45) is 0 Å². The average Bonchev–Trinajstić information content (AvgIpc) is 2.63. The summed E-state index contributed by atoms with van der Waals surface area (Å²) in [6.45, 7) is 0.105. The second-order valence-electron chi connectivity index (χ2n) is 5.49. The number of fused-ring (bicyclic) bond motifs is 1. The maximum Gasteiger partial charge on any atom is 0.306 e. The molecule has 0 aliphatic heterocycles. The third-order valence-corrected chi connectivity index (χ3v) is 3.89. The molecular weight excluding hydrogens is 356 g/mol. The summed E-state index contributed by atoms with van der Waals surface area (Å²) in [4.78, 5) is 29.6. The molecule has 1 aromatic heterocycles. The van der Waals surface area contributed by atoms with Gasteiger partial charge >= 0.3 is 5.97 Å². The van der Waals surface area contributed by atoms with Crippen molar-refractivity contribution in [3.05, 3.63) is 70.3 Å². The number of aliphatic carboxylic acids is 1. The van der Waals surface area contributed by atoms with Crippen molar-refractivity contribution in [3.63, 3.8) is 0 Å². The normalized spacial score (nSPS) is 11.5. The number of halogens is 1. The van der Waals surface area contributed by atoms with Crippen LogP contribution >= 0.6 is 11.6 Å². The monoisotopic (exact) mass is 370 g/mol. The Labute approximate surface area is 153 Å². The molecule has 0 saturated carbocycles. The Morgan fingerprint density at radius 3 is 2.65 bits per heavy atom. The molecule has 0 atom stereocenters. The minimum Gasteiger partial charge on any atom is -0.493 e. The Morgan fingerprint density at radius 1 is 1.19 bits per heavy atom. The van der Waals surface area contributed by atoms with Crippen molar-refractivity contribution in [1.82, 2.24) is 9.97 Å². The summed E-state index contributed by atoms with van der Waals surface area (Å²) >= 11 is 6.30. The van der Waals surface area contributed by atoms with Crippen LogP contribution in [0.2, 0.25) is 0 Å². The van der Waals surface area contributed by atoms with Gasteiger partial charge in [0.25, 0.3) is 5.56 Å². The molecule has 26 heavy (non-hydrogen) atoms. The number of hydrogen-bond donors (Lipinski definition) is 2. The number of carbonyl (C=O) groups is 1. The summed E-state index contributed by atoms with van der Waals surface area (Å²) in [7, 11) is 0. The van der Waals surface area contributed by atoms with E-state index < -0.39 is 5.97 Å². The minimum atomic E-state index is -0.909. The van der Waals surface area contributed by atoms with Gasteiger partial charge in [0.2, 0.25) is 0 Å². The molecule has 0 fully saturated rings. The predicted molar refractivity (Wildman–Crippen MR) is 100 cm³/mol. The molecule has 2 N–H and O–H groups in total. The Hall–Kier alpha value is -3.12. The molecule has 0 spiro atoms. The molecule has 0 radical (unpaired) electrons. The van der Waals surface area contributed by atoms with E-state index in [0.717, 1.165) is 5.56 Å². The van der Waals surface area contributed by atoms with Crippen molar-refractivity contribution in [2.45, 2.75) is 6.42 Å². The van der Waals surface area contributed by atoms with Crippen LogP contribution in [0.3, 0.4) is 0 Å². The van der Waals surface area contributed by atoms with E-state index in [1.54, 1.807) is 54.6 Å². The number of carboxylic acid groups (broad SMARTS) is 1. The summed E-state index contributed by atoms with van der Waals surface area (Å²) in [6.07, 6.45) is 1.62. The number of aromatic amines is 1. The molecule has 0 amide bonds. The standard InChI is InChI=1S/C19H15ClN2O4/c20-15(18-21-16-4-2-1-3-14(16)19(25)22-18)11-12-5-7-13(8-6-12)26-10-9-17(23)24/h1-8,11H,9-10H2,(H,23,24)(H,21,22,25)/b15-11-. The Balaban J connectivity index is 1.79. The number of aromatic nitrogens is 2. The van der Waals surface area contributed by atoms with Crippen LogP contribution < -0.4 is 10.3 Å². The second-order valence-corrected chi connectivity index (χ2v) is 5.89. The maximum atomic E-state index is 12.1. The molecule has 7 heteroatoms.